The number of rotatable bonds is 3. The van der Waals surface area contributed by atoms with E-state index in [4.69, 9.17) is 0 Å². The number of anilines is 1. The summed E-state index contributed by atoms with van der Waals surface area (Å²) < 4.78 is 0. The predicted octanol–water partition coefficient (Wildman–Crippen LogP) is 2.64. The third kappa shape index (κ3) is 1.90. The third-order valence-electron chi connectivity index (χ3n) is 1.77. The van der Waals surface area contributed by atoms with Crippen molar-refractivity contribution in [2.75, 3.05) is 11.9 Å². The van der Waals surface area contributed by atoms with Gasteiger partial charge in [0.1, 0.15) is 10.0 Å². The van der Waals surface area contributed by atoms with Crippen molar-refractivity contribution in [2.24, 2.45) is 0 Å². The quantitative estimate of drug-likeness (QED) is 0.837. The summed E-state index contributed by atoms with van der Waals surface area (Å²) in [6, 6.07) is 3.94. The third-order valence-corrected chi connectivity index (χ3v) is 2.77. The Kier molecular flexibility index (Phi) is 2.74. The number of hydrogen-bond donors (Lipinski definition) is 1. The average molecular weight is 205 g/mol. The summed E-state index contributed by atoms with van der Waals surface area (Å²) in [5.74, 6) is 0. The zero-order valence-electron chi connectivity index (χ0n) is 7.90. The van der Waals surface area contributed by atoms with E-state index in [0.717, 1.165) is 22.1 Å². The van der Waals surface area contributed by atoms with E-state index in [2.05, 4.69) is 22.2 Å². The molecule has 0 fully saturated rings. The maximum atomic E-state index is 4.32. The van der Waals surface area contributed by atoms with Crippen molar-refractivity contribution in [2.45, 2.75) is 6.92 Å². The molecular formula is C10H11N3S. The largest absolute Gasteiger partial charge is 0.376 e. The van der Waals surface area contributed by atoms with Gasteiger partial charge in [0.25, 0.3) is 0 Å². The summed E-state index contributed by atoms with van der Waals surface area (Å²) >= 11 is 1.65. The minimum absolute atomic E-state index is 0.925. The monoisotopic (exact) mass is 205 g/mol. The van der Waals surface area contributed by atoms with Crippen LogP contribution in [0.3, 0.4) is 0 Å². The van der Waals surface area contributed by atoms with Crippen LogP contribution in [0.4, 0.5) is 5.00 Å². The highest BCUT2D eigenvalue weighted by Crippen LogP contribution is 2.27. The minimum Gasteiger partial charge on any atom is -0.376 e. The molecule has 2 aromatic rings. The van der Waals surface area contributed by atoms with Gasteiger partial charge in [-0.05, 0) is 19.1 Å². The second kappa shape index (κ2) is 4.19. The summed E-state index contributed by atoms with van der Waals surface area (Å²) in [5.41, 5.74) is 1.07. The van der Waals surface area contributed by atoms with Gasteiger partial charge >= 0.3 is 0 Å². The molecule has 0 saturated heterocycles. The number of aromatic nitrogens is 2. The maximum absolute atomic E-state index is 4.32. The Balaban J connectivity index is 2.25. The van der Waals surface area contributed by atoms with Crippen LogP contribution in [-0.2, 0) is 0 Å². The Morgan fingerprint density at radius 1 is 1.43 bits per heavy atom. The lowest BCUT2D eigenvalue weighted by molar-refractivity contribution is 1.22. The SMILES string of the molecule is CCNc1cnc(-c2cccnc2)s1. The van der Waals surface area contributed by atoms with Crippen molar-refractivity contribution in [3.63, 3.8) is 0 Å². The molecule has 1 N–H and O–H groups in total. The molecule has 0 spiro atoms. The molecule has 0 radical (unpaired) electrons. The van der Waals surface area contributed by atoms with Crippen molar-refractivity contribution in [1.82, 2.24) is 9.97 Å². The van der Waals surface area contributed by atoms with Crippen LogP contribution in [0.5, 0.6) is 0 Å². The Labute approximate surface area is 86.8 Å². The smallest absolute Gasteiger partial charge is 0.126 e. The summed E-state index contributed by atoms with van der Waals surface area (Å²) in [7, 11) is 0. The van der Waals surface area contributed by atoms with Gasteiger partial charge in [0, 0.05) is 24.5 Å². The first kappa shape index (κ1) is 9.15. The van der Waals surface area contributed by atoms with Crippen molar-refractivity contribution in [3.8, 4) is 10.6 Å². The van der Waals surface area contributed by atoms with E-state index >= 15 is 0 Å². The van der Waals surface area contributed by atoms with Gasteiger partial charge in [-0.2, -0.15) is 0 Å². The molecule has 4 heteroatoms. The van der Waals surface area contributed by atoms with Crippen molar-refractivity contribution in [3.05, 3.63) is 30.7 Å². The van der Waals surface area contributed by atoms with Crippen molar-refractivity contribution < 1.29 is 0 Å². The minimum atomic E-state index is 0.925. The van der Waals surface area contributed by atoms with Crippen LogP contribution in [0.25, 0.3) is 10.6 Å². The first-order valence-corrected chi connectivity index (χ1v) is 5.32. The van der Waals surface area contributed by atoms with E-state index < -0.39 is 0 Å². The standard InChI is InChI=1S/C10H11N3S/c1-2-12-9-7-13-10(14-9)8-4-3-5-11-6-8/h3-7,12H,2H2,1H3. The van der Waals surface area contributed by atoms with E-state index in [9.17, 15) is 0 Å². The zero-order valence-corrected chi connectivity index (χ0v) is 8.71. The molecule has 14 heavy (non-hydrogen) atoms. The van der Waals surface area contributed by atoms with Crippen LogP contribution in [0.15, 0.2) is 30.7 Å². The van der Waals surface area contributed by atoms with Gasteiger partial charge in [0.05, 0.1) is 6.20 Å². The fourth-order valence-corrected chi connectivity index (χ4v) is 2.03. The van der Waals surface area contributed by atoms with Gasteiger partial charge in [-0.15, -0.1) is 0 Å². The molecule has 0 amide bonds. The van der Waals surface area contributed by atoms with E-state index in [0.29, 0.717) is 0 Å². The van der Waals surface area contributed by atoms with Gasteiger partial charge in [-0.1, -0.05) is 11.3 Å². The van der Waals surface area contributed by atoms with Crippen LogP contribution in [0.1, 0.15) is 6.92 Å². The lowest BCUT2D eigenvalue weighted by Crippen LogP contribution is -1.92. The zero-order chi connectivity index (χ0) is 9.80. The molecule has 2 heterocycles. The number of pyridine rings is 1. The summed E-state index contributed by atoms with van der Waals surface area (Å²) in [5, 5.41) is 5.34. The highest BCUT2D eigenvalue weighted by molar-refractivity contribution is 7.18. The Hall–Kier alpha value is -1.42. The Morgan fingerprint density at radius 3 is 3.07 bits per heavy atom. The predicted molar refractivity (Wildman–Crippen MR) is 59.5 cm³/mol. The summed E-state index contributed by atoms with van der Waals surface area (Å²) in [6.07, 6.45) is 5.45. The Bertz CT molecular complexity index is 397. The van der Waals surface area contributed by atoms with Crippen LogP contribution in [-0.4, -0.2) is 16.5 Å². The molecular weight excluding hydrogens is 194 g/mol. The van der Waals surface area contributed by atoms with E-state index in [1.165, 1.54) is 0 Å². The average Bonchev–Trinajstić information content (AvgIpc) is 2.68. The number of thiazole rings is 1. The lowest BCUT2D eigenvalue weighted by atomic mass is 10.3. The van der Waals surface area contributed by atoms with Crippen LogP contribution in [0, 0.1) is 0 Å². The summed E-state index contributed by atoms with van der Waals surface area (Å²) in [6.45, 7) is 3.00. The highest BCUT2D eigenvalue weighted by Gasteiger charge is 2.02. The molecule has 0 unspecified atom stereocenters. The molecule has 72 valence electrons. The van der Waals surface area contributed by atoms with Crippen LogP contribution < -0.4 is 5.32 Å². The molecule has 0 aliphatic rings. The van der Waals surface area contributed by atoms with Crippen LogP contribution in [0.2, 0.25) is 0 Å². The second-order valence-corrected chi connectivity index (χ2v) is 3.83. The van der Waals surface area contributed by atoms with Gasteiger partial charge in [0.15, 0.2) is 0 Å². The topological polar surface area (TPSA) is 37.8 Å². The van der Waals surface area contributed by atoms with Gasteiger partial charge < -0.3 is 5.32 Å². The van der Waals surface area contributed by atoms with Gasteiger partial charge in [-0.25, -0.2) is 4.98 Å². The summed E-state index contributed by atoms with van der Waals surface area (Å²) in [4.78, 5) is 8.38. The lowest BCUT2D eigenvalue weighted by Gasteiger charge is -1.94. The molecule has 3 nitrogen and oxygen atoms in total. The first-order valence-electron chi connectivity index (χ1n) is 4.50. The maximum Gasteiger partial charge on any atom is 0.126 e. The van der Waals surface area contributed by atoms with E-state index in [1.54, 1.807) is 17.5 Å². The highest BCUT2D eigenvalue weighted by atomic mass is 32.1. The molecule has 0 aromatic carbocycles. The van der Waals surface area contributed by atoms with Crippen molar-refractivity contribution >= 4 is 16.3 Å². The normalized spacial score (nSPS) is 10.1. The number of hydrogen-bond acceptors (Lipinski definition) is 4. The van der Waals surface area contributed by atoms with E-state index in [-0.39, 0.29) is 0 Å². The van der Waals surface area contributed by atoms with Gasteiger partial charge in [0.2, 0.25) is 0 Å². The molecule has 0 aliphatic heterocycles. The fraction of sp³-hybridized carbons (Fsp3) is 0.200. The molecule has 0 bridgehead atoms. The molecule has 0 saturated carbocycles. The van der Waals surface area contributed by atoms with Crippen molar-refractivity contribution in [1.29, 1.82) is 0 Å². The fourth-order valence-electron chi connectivity index (χ4n) is 1.15. The molecule has 0 atom stereocenters. The number of nitrogens with zero attached hydrogens (tertiary/aromatic N) is 2. The van der Waals surface area contributed by atoms with Gasteiger partial charge in [-0.3, -0.25) is 4.98 Å². The van der Waals surface area contributed by atoms with E-state index in [1.807, 2.05) is 24.5 Å². The molecule has 2 aromatic heterocycles. The Morgan fingerprint density at radius 2 is 2.36 bits per heavy atom. The van der Waals surface area contributed by atoms with Crippen LogP contribution >= 0.6 is 11.3 Å². The number of nitrogens with one attached hydrogen (secondary N) is 1. The molecule has 0 aliphatic carbocycles. The molecule has 2 rings (SSSR count). The second-order valence-electron chi connectivity index (χ2n) is 2.80. The first-order chi connectivity index (χ1) is 6.90.